The van der Waals surface area contributed by atoms with E-state index in [4.69, 9.17) is 4.74 Å². The Kier molecular flexibility index (Phi) is 5.44. The van der Waals surface area contributed by atoms with Crippen LogP contribution < -0.4 is 10.6 Å². The number of phenols is 2. The molecule has 0 saturated carbocycles. The van der Waals surface area contributed by atoms with Gasteiger partial charge in [-0.3, -0.25) is 0 Å². The van der Waals surface area contributed by atoms with Gasteiger partial charge in [0.1, 0.15) is 16.0 Å². The largest absolute Gasteiger partial charge is 0.506 e. The lowest BCUT2D eigenvalue weighted by Gasteiger charge is -2.31. The fraction of sp³-hybridized carbons (Fsp3) is 0.333. The van der Waals surface area contributed by atoms with E-state index in [2.05, 4.69) is 42.5 Å². The standard InChI is InChI=1S/C15H16Br2N2O5/c1-5(2)10-8(14(22)24-3)11(19-15(23)18-10)6-4-7(16)13(21)9(17)12(6)20/h4-5,11,20-21H,1-3H3,(H2,18,19,23). The predicted molar refractivity (Wildman–Crippen MR) is 93.5 cm³/mol. The number of esters is 1. The number of ether oxygens (including phenoxy) is 1. The van der Waals surface area contributed by atoms with Crippen molar-refractivity contribution in [1.29, 1.82) is 0 Å². The van der Waals surface area contributed by atoms with Crippen LogP contribution in [0.15, 0.2) is 26.3 Å². The Morgan fingerprint density at radius 2 is 1.92 bits per heavy atom. The van der Waals surface area contributed by atoms with Crippen LogP contribution in [-0.4, -0.2) is 29.3 Å². The van der Waals surface area contributed by atoms with Crippen molar-refractivity contribution in [3.8, 4) is 11.5 Å². The van der Waals surface area contributed by atoms with Crippen molar-refractivity contribution in [1.82, 2.24) is 10.6 Å². The first-order valence-corrected chi connectivity index (χ1v) is 8.57. The number of hydrogen-bond donors (Lipinski definition) is 4. The summed E-state index contributed by atoms with van der Waals surface area (Å²) in [5, 5.41) is 25.5. The van der Waals surface area contributed by atoms with Gasteiger partial charge in [-0.05, 0) is 43.8 Å². The third-order valence-corrected chi connectivity index (χ3v) is 4.95. The average molecular weight is 464 g/mol. The number of urea groups is 1. The van der Waals surface area contributed by atoms with E-state index in [1.165, 1.54) is 13.2 Å². The number of amides is 2. The van der Waals surface area contributed by atoms with Gasteiger partial charge >= 0.3 is 12.0 Å². The van der Waals surface area contributed by atoms with Crippen molar-refractivity contribution in [3.63, 3.8) is 0 Å². The Labute approximate surface area is 155 Å². The number of benzene rings is 1. The molecule has 4 N–H and O–H groups in total. The molecule has 2 amide bonds. The van der Waals surface area contributed by atoms with Crippen molar-refractivity contribution in [2.45, 2.75) is 19.9 Å². The first-order valence-electron chi connectivity index (χ1n) is 6.98. The second-order valence-corrected chi connectivity index (χ2v) is 7.11. The topological polar surface area (TPSA) is 108 Å². The second-order valence-electron chi connectivity index (χ2n) is 5.46. The molecular weight excluding hydrogens is 448 g/mol. The molecule has 2 rings (SSSR count). The number of allylic oxidation sites excluding steroid dienone is 1. The first kappa shape index (κ1) is 18.6. The number of halogens is 2. The fourth-order valence-corrected chi connectivity index (χ4v) is 3.60. The molecule has 1 atom stereocenters. The first-order chi connectivity index (χ1) is 11.2. The van der Waals surface area contributed by atoms with E-state index in [0.29, 0.717) is 10.2 Å². The molecule has 1 aliphatic rings. The van der Waals surface area contributed by atoms with Gasteiger partial charge in [0.2, 0.25) is 0 Å². The fourth-order valence-electron chi connectivity index (χ4n) is 2.45. The SMILES string of the molecule is COC(=O)C1=C(C(C)C)NC(=O)NC1c1cc(Br)c(O)c(Br)c1O. The van der Waals surface area contributed by atoms with Crippen LogP contribution >= 0.6 is 31.9 Å². The molecule has 1 heterocycles. The number of rotatable bonds is 3. The molecule has 9 heteroatoms. The molecule has 1 aromatic carbocycles. The summed E-state index contributed by atoms with van der Waals surface area (Å²) in [6.45, 7) is 3.65. The number of carbonyl (C=O) groups excluding carboxylic acids is 2. The summed E-state index contributed by atoms with van der Waals surface area (Å²) in [7, 11) is 1.24. The maximum atomic E-state index is 12.3. The van der Waals surface area contributed by atoms with Crippen LogP contribution in [-0.2, 0) is 9.53 Å². The van der Waals surface area contributed by atoms with Crippen molar-refractivity contribution < 1.29 is 24.5 Å². The molecule has 0 aromatic heterocycles. The highest BCUT2D eigenvalue weighted by Gasteiger charge is 2.36. The Balaban J connectivity index is 2.73. The zero-order valence-electron chi connectivity index (χ0n) is 13.1. The Bertz CT molecular complexity index is 746. The zero-order chi connectivity index (χ0) is 18.2. The van der Waals surface area contributed by atoms with Crippen LogP contribution in [0, 0.1) is 5.92 Å². The van der Waals surface area contributed by atoms with Gasteiger partial charge in [0, 0.05) is 11.3 Å². The van der Waals surface area contributed by atoms with E-state index in [0.717, 1.165) is 0 Å². The molecule has 0 radical (unpaired) electrons. The molecule has 24 heavy (non-hydrogen) atoms. The minimum absolute atomic E-state index is 0.0509. The molecular formula is C15H16Br2N2O5. The number of hydrogen-bond acceptors (Lipinski definition) is 5. The van der Waals surface area contributed by atoms with Crippen LogP contribution in [0.3, 0.4) is 0 Å². The van der Waals surface area contributed by atoms with Gasteiger partial charge in [-0.25, -0.2) is 9.59 Å². The van der Waals surface area contributed by atoms with Gasteiger partial charge in [-0.1, -0.05) is 13.8 Å². The molecule has 1 aliphatic heterocycles. The Morgan fingerprint density at radius 3 is 2.46 bits per heavy atom. The molecule has 0 fully saturated rings. The van der Waals surface area contributed by atoms with Gasteiger partial charge in [0.05, 0.1) is 23.2 Å². The van der Waals surface area contributed by atoms with Gasteiger partial charge < -0.3 is 25.6 Å². The van der Waals surface area contributed by atoms with E-state index >= 15 is 0 Å². The van der Waals surface area contributed by atoms with E-state index in [1.807, 2.05) is 13.8 Å². The summed E-state index contributed by atoms with van der Waals surface area (Å²) in [6, 6.07) is -0.0000713. The molecule has 0 spiro atoms. The zero-order valence-corrected chi connectivity index (χ0v) is 16.3. The van der Waals surface area contributed by atoms with Gasteiger partial charge in [-0.2, -0.15) is 0 Å². The summed E-state index contributed by atoms with van der Waals surface area (Å²) >= 11 is 6.27. The van der Waals surface area contributed by atoms with Crippen LogP contribution in [0.5, 0.6) is 11.5 Å². The summed E-state index contributed by atoms with van der Waals surface area (Å²) in [6.07, 6.45) is 0. The summed E-state index contributed by atoms with van der Waals surface area (Å²) in [5.74, 6) is -1.26. The van der Waals surface area contributed by atoms with Crippen LogP contribution in [0.4, 0.5) is 4.79 Å². The molecule has 0 saturated heterocycles. The van der Waals surface area contributed by atoms with Gasteiger partial charge in [-0.15, -0.1) is 0 Å². The molecule has 7 nitrogen and oxygen atoms in total. The minimum atomic E-state index is -0.934. The Morgan fingerprint density at radius 1 is 1.29 bits per heavy atom. The van der Waals surface area contributed by atoms with Crippen LogP contribution in [0.2, 0.25) is 0 Å². The van der Waals surface area contributed by atoms with E-state index in [1.54, 1.807) is 0 Å². The molecule has 130 valence electrons. The van der Waals surface area contributed by atoms with Gasteiger partial charge in [0.15, 0.2) is 0 Å². The quantitative estimate of drug-likeness (QED) is 0.515. The van der Waals surface area contributed by atoms with Crippen LogP contribution in [0.1, 0.15) is 25.5 Å². The summed E-state index contributed by atoms with van der Waals surface area (Å²) in [4.78, 5) is 24.3. The van der Waals surface area contributed by atoms with Crippen molar-refractivity contribution in [3.05, 3.63) is 31.8 Å². The Hall–Kier alpha value is -1.74. The smallest absolute Gasteiger partial charge is 0.337 e. The van der Waals surface area contributed by atoms with E-state index in [-0.39, 0.29) is 33.0 Å². The highest BCUT2D eigenvalue weighted by molar-refractivity contribution is 9.11. The molecule has 1 aromatic rings. The van der Waals surface area contributed by atoms with Gasteiger partial charge in [0.25, 0.3) is 0 Å². The predicted octanol–water partition coefficient (Wildman–Crippen LogP) is 3.06. The maximum absolute atomic E-state index is 12.3. The van der Waals surface area contributed by atoms with Crippen molar-refractivity contribution >= 4 is 43.9 Å². The van der Waals surface area contributed by atoms with E-state index < -0.39 is 18.0 Å². The van der Waals surface area contributed by atoms with Crippen molar-refractivity contribution in [2.75, 3.05) is 7.11 Å². The number of carbonyl (C=O) groups is 2. The highest BCUT2D eigenvalue weighted by atomic mass is 79.9. The summed E-state index contributed by atoms with van der Waals surface area (Å²) in [5.41, 5.74) is 0.835. The average Bonchev–Trinajstić information content (AvgIpc) is 2.54. The summed E-state index contributed by atoms with van der Waals surface area (Å²) < 4.78 is 5.19. The van der Waals surface area contributed by atoms with Crippen molar-refractivity contribution in [2.24, 2.45) is 5.92 Å². The number of methoxy groups -OCH3 is 1. The lowest BCUT2D eigenvalue weighted by atomic mass is 9.91. The lowest BCUT2D eigenvalue weighted by Crippen LogP contribution is -2.47. The van der Waals surface area contributed by atoms with Crippen LogP contribution in [0.25, 0.3) is 0 Å². The number of aromatic hydroxyl groups is 2. The number of phenolic OH excluding ortho intramolecular Hbond substituents is 2. The normalized spacial score (nSPS) is 17.6. The third kappa shape index (κ3) is 3.23. The number of nitrogens with one attached hydrogen (secondary N) is 2. The maximum Gasteiger partial charge on any atom is 0.337 e. The minimum Gasteiger partial charge on any atom is -0.506 e. The van der Waals surface area contributed by atoms with E-state index in [9.17, 15) is 19.8 Å². The second kappa shape index (κ2) is 7.02. The third-order valence-electron chi connectivity index (χ3n) is 3.59. The monoisotopic (exact) mass is 462 g/mol. The lowest BCUT2D eigenvalue weighted by molar-refractivity contribution is -0.136. The highest BCUT2D eigenvalue weighted by Crippen LogP contribution is 2.45. The molecule has 1 unspecified atom stereocenters. The molecule has 0 aliphatic carbocycles. The molecule has 0 bridgehead atoms.